The number of anilines is 1. The minimum absolute atomic E-state index is 0.109. The fourth-order valence-corrected chi connectivity index (χ4v) is 4.18. The fraction of sp³-hybridized carbons (Fsp3) is 0.200. The maximum absolute atomic E-state index is 12.5. The summed E-state index contributed by atoms with van der Waals surface area (Å²) < 4.78 is 2.30. The molecule has 0 radical (unpaired) electrons. The van der Waals surface area contributed by atoms with Crippen molar-refractivity contribution in [3.8, 4) is 0 Å². The molecule has 0 spiro atoms. The number of rotatable bonds is 4. The average molecular weight is 396 g/mol. The molecule has 5 heteroatoms. The zero-order valence-corrected chi connectivity index (χ0v) is 17.0. The van der Waals surface area contributed by atoms with Crippen LogP contribution in [0.15, 0.2) is 78.9 Å². The van der Waals surface area contributed by atoms with Gasteiger partial charge in [0.25, 0.3) is 5.91 Å². The van der Waals surface area contributed by atoms with Gasteiger partial charge in [-0.2, -0.15) is 0 Å². The topological polar surface area (TPSA) is 50.2 Å². The van der Waals surface area contributed by atoms with Gasteiger partial charge in [-0.25, -0.2) is 4.98 Å². The Balaban J connectivity index is 1.37. The van der Waals surface area contributed by atoms with E-state index < -0.39 is 0 Å². The molecular weight excluding hydrogens is 372 g/mol. The van der Waals surface area contributed by atoms with Crippen molar-refractivity contribution >= 4 is 22.6 Å². The summed E-state index contributed by atoms with van der Waals surface area (Å²) in [6, 6.07) is 26.2. The second kappa shape index (κ2) is 7.76. The molecule has 0 bridgehead atoms. The van der Waals surface area contributed by atoms with Crippen molar-refractivity contribution in [1.29, 1.82) is 0 Å². The molecule has 3 aromatic carbocycles. The van der Waals surface area contributed by atoms with Gasteiger partial charge in [-0.15, -0.1) is 0 Å². The highest BCUT2D eigenvalue weighted by molar-refractivity contribution is 6.04. The summed E-state index contributed by atoms with van der Waals surface area (Å²) in [6.45, 7) is 4.97. The third kappa shape index (κ3) is 3.48. The summed E-state index contributed by atoms with van der Waals surface area (Å²) in [4.78, 5) is 19.8. The van der Waals surface area contributed by atoms with E-state index in [0.29, 0.717) is 11.6 Å². The zero-order chi connectivity index (χ0) is 20.5. The van der Waals surface area contributed by atoms with Crippen LogP contribution < -0.4 is 5.32 Å². The zero-order valence-electron chi connectivity index (χ0n) is 17.0. The fourth-order valence-electron chi connectivity index (χ4n) is 4.18. The van der Waals surface area contributed by atoms with Crippen LogP contribution in [0.25, 0.3) is 11.0 Å². The molecular formula is C25H24N4O. The van der Waals surface area contributed by atoms with Crippen molar-refractivity contribution in [3.63, 3.8) is 0 Å². The number of aromatic nitrogens is 2. The van der Waals surface area contributed by atoms with E-state index in [1.165, 1.54) is 5.56 Å². The van der Waals surface area contributed by atoms with Gasteiger partial charge in [0, 0.05) is 30.4 Å². The normalized spacial score (nSPS) is 15.0. The molecule has 0 unspecified atom stereocenters. The Morgan fingerprint density at radius 3 is 2.47 bits per heavy atom. The van der Waals surface area contributed by atoms with Crippen molar-refractivity contribution in [3.05, 3.63) is 95.8 Å². The van der Waals surface area contributed by atoms with E-state index in [4.69, 9.17) is 4.98 Å². The van der Waals surface area contributed by atoms with E-state index in [9.17, 15) is 4.79 Å². The van der Waals surface area contributed by atoms with Crippen LogP contribution in [0, 0.1) is 0 Å². The maximum atomic E-state index is 12.5. The second-order valence-electron chi connectivity index (χ2n) is 7.76. The number of nitrogens with zero attached hydrogens (tertiary/aromatic N) is 3. The van der Waals surface area contributed by atoms with Gasteiger partial charge in [-0.05, 0) is 42.8 Å². The van der Waals surface area contributed by atoms with Crippen molar-refractivity contribution in [2.45, 2.75) is 26.1 Å². The number of hydrogen-bond acceptors (Lipinski definition) is 3. The summed E-state index contributed by atoms with van der Waals surface area (Å²) in [5.74, 6) is 0.965. The SMILES string of the molecule is C[C@@H](c1ccccc1)N1CCn2c(nc3cc(NC(=O)c4ccccc4)ccc32)C1. The predicted molar refractivity (Wildman–Crippen MR) is 119 cm³/mol. The maximum Gasteiger partial charge on any atom is 0.255 e. The van der Waals surface area contributed by atoms with Gasteiger partial charge in [0.1, 0.15) is 5.82 Å². The summed E-state index contributed by atoms with van der Waals surface area (Å²) >= 11 is 0. The van der Waals surface area contributed by atoms with E-state index in [-0.39, 0.29) is 5.91 Å². The third-order valence-electron chi connectivity index (χ3n) is 5.91. The van der Waals surface area contributed by atoms with Crippen molar-refractivity contribution in [2.24, 2.45) is 0 Å². The van der Waals surface area contributed by atoms with E-state index in [0.717, 1.165) is 42.2 Å². The summed E-state index contributed by atoms with van der Waals surface area (Å²) in [5, 5.41) is 2.98. The average Bonchev–Trinajstić information content (AvgIpc) is 3.16. The molecule has 0 saturated carbocycles. The second-order valence-corrected chi connectivity index (χ2v) is 7.76. The van der Waals surface area contributed by atoms with E-state index in [2.05, 4.69) is 58.1 Å². The molecule has 1 aliphatic heterocycles. The van der Waals surface area contributed by atoms with E-state index >= 15 is 0 Å². The van der Waals surface area contributed by atoms with Gasteiger partial charge in [-0.3, -0.25) is 9.69 Å². The van der Waals surface area contributed by atoms with Gasteiger partial charge in [0.2, 0.25) is 0 Å². The van der Waals surface area contributed by atoms with Gasteiger partial charge < -0.3 is 9.88 Å². The Labute approximate surface area is 176 Å². The first kappa shape index (κ1) is 18.6. The third-order valence-corrected chi connectivity index (χ3v) is 5.91. The van der Waals surface area contributed by atoms with Crippen LogP contribution in [0.5, 0.6) is 0 Å². The number of amides is 1. The molecule has 150 valence electrons. The Morgan fingerprint density at radius 2 is 1.70 bits per heavy atom. The summed E-state index contributed by atoms with van der Waals surface area (Å²) in [6.07, 6.45) is 0. The number of fused-ring (bicyclic) bond motifs is 3. The first-order valence-corrected chi connectivity index (χ1v) is 10.3. The first-order valence-electron chi connectivity index (χ1n) is 10.3. The number of benzene rings is 3. The summed E-state index contributed by atoms with van der Waals surface area (Å²) in [5.41, 5.74) is 4.78. The van der Waals surface area contributed by atoms with Crippen molar-refractivity contribution < 1.29 is 4.79 Å². The van der Waals surface area contributed by atoms with Crippen molar-refractivity contribution in [1.82, 2.24) is 14.5 Å². The lowest BCUT2D eigenvalue weighted by atomic mass is 10.1. The van der Waals surface area contributed by atoms with Gasteiger partial charge in [0.15, 0.2) is 0 Å². The number of carbonyl (C=O) groups is 1. The Morgan fingerprint density at radius 1 is 0.967 bits per heavy atom. The highest BCUT2D eigenvalue weighted by Crippen LogP contribution is 2.28. The Kier molecular flexibility index (Phi) is 4.81. The highest BCUT2D eigenvalue weighted by Gasteiger charge is 2.24. The van der Waals surface area contributed by atoms with Crippen LogP contribution in [0.1, 0.15) is 34.7 Å². The van der Waals surface area contributed by atoms with Gasteiger partial charge in [0.05, 0.1) is 17.6 Å². The van der Waals surface area contributed by atoms with Crippen LogP contribution in [0.4, 0.5) is 5.69 Å². The molecule has 1 N–H and O–H groups in total. The molecule has 5 nitrogen and oxygen atoms in total. The number of hydrogen-bond donors (Lipinski definition) is 1. The molecule has 2 heterocycles. The molecule has 0 fully saturated rings. The number of carbonyl (C=O) groups excluding carboxylic acids is 1. The molecule has 0 saturated heterocycles. The number of nitrogens with one attached hydrogen (secondary N) is 1. The molecule has 30 heavy (non-hydrogen) atoms. The largest absolute Gasteiger partial charge is 0.326 e. The molecule has 0 aliphatic carbocycles. The molecule has 1 amide bonds. The predicted octanol–water partition coefficient (Wildman–Crippen LogP) is 4.87. The monoisotopic (exact) mass is 396 g/mol. The lowest BCUT2D eigenvalue weighted by Crippen LogP contribution is -2.35. The molecule has 1 aromatic heterocycles. The molecule has 4 aromatic rings. The molecule has 5 rings (SSSR count). The van der Waals surface area contributed by atoms with E-state index in [1.54, 1.807) is 0 Å². The molecule has 1 aliphatic rings. The highest BCUT2D eigenvalue weighted by atomic mass is 16.1. The van der Waals surface area contributed by atoms with Crippen LogP contribution in [-0.4, -0.2) is 26.9 Å². The van der Waals surface area contributed by atoms with E-state index in [1.807, 2.05) is 42.5 Å². The van der Waals surface area contributed by atoms with Crippen LogP contribution in [-0.2, 0) is 13.1 Å². The lowest BCUT2D eigenvalue weighted by molar-refractivity contribution is 0.102. The van der Waals surface area contributed by atoms with Crippen LogP contribution in [0.2, 0.25) is 0 Å². The molecule has 1 atom stereocenters. The van der Waals surface area contributed by atoms with Gasteiger partial charge in [-0.1, -0.05) is 48.5 Å². The standard InChI is InChI=1S/C25H24N4O/c1-18(19-8-4-2-5-9-19)28-14-15-29-23-13-12-21(16-22(23)27-24(29)17-28)26-25(30)20-10-6-3-7-11-20/h2-13,16,18H,14-15,17H2,1H3,(H,26,30)/t18-/m0/s1. The van der Waals surface area contributed by atoms with Gasteiger partial charge >= 0.3 is 0 Å². The summed E-state index contributed by atoms with van der Waals surface area (Å²) in [7, 11) is 0. The smallest absolute Gasteiger partial charge is 0.255 e. The number of imidazole rings is 1. The lowest BCUT2D eigenvalue weighted by Gasteiger charge is -2.33. The van der Waals surface area contributed by atoms with Crippen LogP contribution in [0.3, 0.4) is 0 Å². The first-order chi connectivity index (χ1) is 14.7. The minimum atomic E-state index is -0.109. The Bertz CT molecular complexity index is 1180. The Hall–Kier alpha value is -3.44. The van der Waals surface area contributed by atoms with Crippen molar-refractivity contribution in [2.75, 3.05) is 11.9 Å². The minimum Gasteiger partial charge on any atom is -0.326 e. The quantitative estimate of drug-likeness (QED) is 0.536. The van der Waals surface area contributed by atoms with Crippen LogP contribution >= 0.6 is 0 Å².